The van der Waals surface area contributed by atoms with Crippen LogP contribution in [0.15, 0.2) is 18.2 Å². The smallest absolute Gasteiger partial charge is 0.265 e. The number of hydrogen-bond donors (Lipinski definition) is 2. The molecule has 0 saturated carbocycles. The molecule has 2 rings (SSSR count). The molecule has 1 aromatic rings. The molecule has 19 heavy (non-hydrogen) atoms. The number of nitrogens with zero attached hydrogens (tertiary/aromatic N) is 1. The van der Waals surface area contributed by atoms with Crippen LogP contribution in [0.4, 0.5) is 5.69 Å². The monoisotopic (exact) mass is 264 g/mol. The summed E-state index contributed by atoms with van der Waals surface area (Å²) in [5.74, 6) is 0.613. The number of rotatable bonds is 5. The van der Waals surface area contributed by atoms with Crippen molar-refractivity contribution in [3.63, 3.8) is 0 Å². The van der Waals surface area contributed by atoms with Gasteiger partial charge in [0.2, 0.25) is 0 Å². The first-order valence-electron chi connectivity index (χ1n) is 6.50. The summed E-state index contributed by atoms with van der Waals surface area (Å²) in [4.78, 5) is 13.6. The largest absolute Gasteiger partial charge is 0.479 e. The minimum Gasteiger partial charge on any atom is -0.479 e. The lowest BCUT2D eigenvalue weighted by atomic mass is 10.1. The molecule has 1 aliphatic heterocycles. The van der Waals surface area contributed by atoms with Gasteiger partial charge in [-0.05, 0) is 38.1 Å². The van der Waals surface area contributed by atoms with Crippen molar-refractivity contribution in [2.24, 2.45) is 0 Å². The van der Waals surface area contributed by atoms with Crippen molar-refractivity contribution < 1.29 is 14.6 Å². The molecule has 0 bridgehead atoms. The van der Waals surface area contributed by atoms with Crippen molar-refractivity contribution in [3.8, 4) is 5.75 Å². The Morgan fingerprint density at radius 2 is 2.21 bits per heavy atom. The minimum atomic E-state index is -0.436. The molecule has 0 saturated heterocycles. The number of hydrogen-bond acceptors (Lipinski definition) is 4. The number of amides is 1. The van der Waals surface area contributed by atoms with Gasteiger partial charge in [-0.3, -0.25) is 4.79 Å². The zero-order valence-electron chi connectivity index (χ0n) is 11.3. The van der Waals surface area contributed by atoms with Crippen LogP contribution in [0.2, 0.25) is 0 Å². The van der Waals surface area contributed by atoms with E-state index in [1.165, 1.54) is 0 Å². The van der Waals surface area contributed by atoms with E-state index < -0.39 is 6.10 Å². The summed E-state index contributed by atoms with van der Waals surface area (Å²) in [5.41, 5.74) is 1.88. The summed E-state index contributed by atoms with van der Waals surface area (Å²) in [5, 5.41) is 11.7. The van der Waals surface area contributed by atoms with Gasteiger partial charge in [-0.2, -0.15) is 0 Å². The predicted molar refractivity (Wildman–Crippen MR) is 73.4 cm³/mol. The second-order valence-electron chi connectivity index (χ2n) is 4.86. The third-order valence-corrected chi connectivity index (χ3v) is 3.24. The highest BCUT2D eigenvalue weighted by Gasteiger charge is 2.23. The van der Waals surface area contributed by atoms with Crippen LogP contribution < -0.4 is 10.1 Å². The zero-order valence-corrected chi connectivity index (χ0v) is 11.3. The Morgan fingerprint density at radius 1 is 1.42 bits per heavy atom. The number of anilines is 1. The quantitative estimate of drug-likeness (QED) is 0.828. The highest BCUT2D eigenvalue weighted by Crippen LogP contribution is 2.30. The second kappa shape index (κ2) is 6.04. The molecule has 1 amide bonds. The fourth-order valence-corrected chi connectivity index (χ4v) is 2.01. The van der Waals surface area contributed by atoms with Gasteiger partial charge in [-0.15, -0.1) is 0 Å². The van der Waals surface area contributed by atoms with E-state index in [0.717, 1.165) is 30.0 Å². The van der Waals surface area contributed by atoms with E-state index in [-0.39, 0.29) is 12.5 Å². The molecule has 5 nitrogen and oxygen atoms in total. The molecule has 1 unspecified atom stereocenters. The van der Waals surface area contributed by atoms with E-state index in [4.69, 9.17) is 9.84 Å². The van der Waals surface area contributed by atoms with Gasteiger partial charge in [0, 0.05) is 13.1 Å². The Morgan fingerprint density at radius 3 is 2.95 bits per heavy atom. The number of carbonyl (C=O) groups is 1. The lowest BCUT2D eigenvalue weighted by Crippen LogP contribution is -2.34. The fourth-order valence-electron chi connectivity index (χ4n) is 2.01. The Hall–Kier alpha value is -1.59. The summed E-state index contributed by atoms with van der Waals surface area (Å²) in [6.07, 6.45) is 0.434. The van der Waals surface area contributed by atoms with Crippen LogP contribution in [0.3, 0.4) is 0 Å². The predicted octanol–water partition coefficient (Wildman–Crippen LogP) is 0.873. The van der Waals surface area contributed by atoms with Gasteiger partial charge in [0.15, 0.2) is 6.10 Å². The number of fused-ring (bicyclic) bond motifs is 1. The average Bonchev–Trinajstić information content (AvgIpc) is 2.38. The summed E-state index contributed by atoms with van der Waals surface area (Å²) in [6.45, 7) is 3.44. The lowest BCUT2D eigenvalue weighted by Gasteiger charge is -2.24. The van der Waals surface area contributed by atoms with Crippen LogP contribution in [-0.4, -0.2) is 48.8 Å². The minimum absolute atomic E-state index is 0.109. The molecule has 0 aliphatic carbocycles. The second-order valence-corrected chi connectivity index (χ2v) is 4.86. The molecule has 1 aromatic carbocycles. The lowest BCUT2D eigenvalue weighted by molar-refractivity contribution is -0.122. The van der Waals surface area contributed by atoms with Crippen molar-refractivity contribution in [3.05, 3.63) is 23.8 Å². The van der Waals surface area contributed by atoms with Crippen LogP contribution in [0.5, 0.6) is 5.75 Å². The van der Waals surface area contributed by atoms with Crippen LogP contribution >= 0.6 is 0 Å². The molecule has 0 spiro atoms. The first kappa shape index (κ1) is 13.8. The summed E-state index contributed by atoms with van der Waals surface area (Å²) >= 11 is 0. The first-order chi connectivity index (χ1) is 9.10. The molecule has 1 atom stereocenters. The number of aliphatic hydroxyl groups excluding tert-OH is 1. The van der Waals surface area contributed by atoms with Crippen molar-refractivity contribution >= 4 is 11.6 Å². The molecule has 0 aromatic heterocycles. The van der Waals surface area contributed by atoms with Gasteiger partial charge in [-0.1, -0.05) is 6.07 Å². The summed E-state index contributed by atoms with van der Waals surface area (Å²) < 4.78 is 5.51. The topological polar surface area (TPSA) is 61.8 Å². The van der Waals surface area contributed by atoms with E-state index in [9.17, 15) is 4.79 Å². The van der Waals surface area contributed by atoms with Crippen LogP contribution in [0, 0.1) is 0 Å². The molecule has 1 heterocycles. The van der Waals surface area contributed by atoms with E-state index in [2.05, 4.69) is 10.2 Å². The van der Waals surface area contributed by atoms with E-state index in [0.29, 0.717) is 6.54 Å². The van der Waals surface area contributed by atoms with Gasteiger partial charge < -0.3 is 20.1 Å². The SMILES string of the molecule is CC1Oc2ccc(CCN(C)CCO)cc2NC1=O. The molecule has 1 aliphatic rings. The van der Waals surface area contributed by atoms with Gasteiger partial charge in [0.1, 0.15) is 5.75 Å². The number of carbonyl (C=O) groups excluding carboxylic acids is 1. The molecule has 104 valence electrons. The molecule has 2 N–H and O–H groups in total. The maximum atomic E-state index is 11.5. The third-order valence-electron chi connectivity index (χ3n) is 3.24. The zero-order chi connectivity index (χ0) is 13.8. The normalized spacial score (nSPS) is 17.9. The van der Waals surface area contributed by atoms with Crippen molar-refractivity contribution in [2.45, 2.75) is 19.4 Å². The maximum Gasteiger partial charge on any atom is 0.265 e. The molecular formula is C14H20N2O3. The molecular weight excluding hydrogens is 244 g/mol. The average molecular weight is 264 g/mol. The Bertz CT molecular complexity index is 462. The molecule has 5 heteroatoms. The Labute approximate surface area is 113 Å². The highest BCUT2D eigenvalue weighted by molar-refractivity contribution is 5.97. The molecule has 0 fully saturated rings. The van der Waals surface area contributed by atoms with Crippen LogP contribution in [-0.2, 0) is 11.2 Å². The number of nitrogens with one attached hydrogen (secondary N) is 1. The first-order valence-corrected chi connectivity index (χ1v) is 6.50. The molecule has 0 radical (unpaired) electrons. The van der Waals surface area contributed by atoms with E-state index >= 15 is 0 Å². The number of ether oxygens (including phenoxy) is 1. The van der Waals surface area contributed by atoms with Crippen molar-refractivity contribution in [2.75, 3.05) is 32.1 Å². The Balaban J connectivity index is 2.01. The van der Waals surface area contributed by atoms with Crippen molar-refractivity contribution in [1.82, 2.24) is 4.90 Å². The van der Waals surface area contributed by atoms with E-state index in [1.807, 2.05) is 25.2 Å². The highest BCUT2D eigenvalue weighted by atomic mass is 16.5. The maximum absolute atomic E-state index is 11.5. The van der Waals surface area contributed by atoms with Gasteiger partial charge in [0.25, 0.3) is 5.91 Å². The van der Waals surface area contributed by atoms with E-state index in [1.54, 1.807) is 6.92 Å². The van der Waals surface area contributed by atoms with Crippen molar-refractivity contribution in [1.29, 1.82) is 0 Å². The van der Waals surface area contributed by atoms with Crippen LogP contribution in [0.1, 0.15) is 12.5 Å². The Kier molecular flexibility index (Phi) is 4.39. The summed E-state index contributed by atoms with van der Waals surface area (Å²) in [7, 11) is 1.97. The summed E-state index contributed by atoms with van der Waals surface area (Å²) in [6, 6.07) is 5.86. The number of likely N-dealkylation sites (N-methyl/N-ethyl adjacent to an activating group) is 1. The third kappa shape index (κ3) is 3.45. The number of benzene rings is 1. The number of aliphatic hydroxyl groups is 1. The fraction of sp³-hybridized carbons (Fsp3) is 0.500. The van der Waals surface area contributed by atoms with Crippen LogP contribution in [0.25, 0.3) is 0 Å². The van der Waals surface area contributed by atoms with Gasteiger partial charge in [0.05, 0.1) is 12.3 Å². The van der Waals surface area contributed by atoms with Gasteiger partial charge >= 0.3 is 0 Å². The van der Waals surface area contributed by atoms with Gasteiger partial charge in [-0.25, -0.2) is 0 Å². The standard InChI is InChI=1S/C14H20N2O3/c1-10-14(18)15-12-9-11(3-4-13(12)19-10)5-6-16(2)7-8-17/h3-4,9-10,17H,5-8H2,1-2H3,(H,15,18).